The molecule has 2 aromatic rings. The number of sulfonamides is 1. The molecule has 0 aliphatic rings. The van der Waals surface area contributed by atoms with Gasteiger partial charge in [-0.3, -0.25) is 13.9 Å². The van der Waals surface area contributed by atoms with Crippen LogP contribution in [-0.2, 0) is 26.2 Å². The van der Waals surface area contributed by atoms with Crippen LogP contribution in [0.15, 0.2) is 42.5 Å². The van der Waals surface area contributed by atoms with Crippen molar-refractivity contribution in [3.8, 4) is 0 Å². The van der Waals surface area contributed by atoms with Crippen molar-refractivity contribution >= 4 is 39.1 Å². The summed E-state index contributed by atoms with van der Waals surface area (Å²) in [6.45, 7) is 8.63. The van der Waals surface area contributed by atoms with E-state index in [2.05, 4.69) is 5.32 Å². The molecule has 180 valence electrons. The third-order valence-corrected chi connectivity index (χ3v) is 6.58. The molecule has 0 radical (unpaired) electrons. The highest BCUT2D eigenvalue weighted by Crippen LogP contribution is 2.23. The molecule has 2 rings (SSSR count). The number of aryl methyl sites for hydroxylation is 2. The van der Waals surface area contributed by atoms with Gasteiger partial charge in [0.05, 0.1) is 11.9 Å². The summed E-state index contributed by atoms with van der Waals surface area (Å²) in [5, 5.41) is 3.27. The fourth-order valence-electron chi connectivity index (χ4n) is 3.51. The number of hydrogen-bond donors (Lipinski definition) is 1. The van der Waals surface area contributed by atoms with Crippen molar-refractivity contribution in [1.29, 1.82) is 0 Å². The van der Waals surface area contributed by atoms with E-state index >= 15 is 0 Å². The monoisotopic (exact) mass is 493 g/mol. The van der Waals surface area contributed by atoms with Gasteiger partial charge >= 0.3 is 0 Å². The van der Waals surface area contributed by atoms with Crippen LogP contribution in [0.3, 0.4) is 0 Å². The number of halogens is 1. The molecule has 0 bridgehead atoms. The van der Waals surface area contributed by atoms with Crippen molar-refractivity contribution in [3.05, 3.63) is 64.2 Å². The van der Waals surface area contributed by atoms with Gasteiger partial charge in [-0.25, -0.2) is 8.42 Å². The first kappa shape index (κ1) is 26.7. The fraction of sp³-hybridized carbons (Fsp3) is 0.417. The maximum absolute atomic E-state index is 13.5. The summed E-state index contributed by atoms with van der Waals surface area (Å²) >= 11 is 6.31. The lowest BCUT2D eigenvalue weighted by molar-refractivity contribution is -0.139. The second kappa shape index (κ2) is 11.0. The number of benzene rings is 2. The maximum Gasteiger partial charge on any atom is 0.244 e. The molecule has 0 spiro atoms. The molecule has 0 aromatic heterocycles. The van der Waals surface area contributed by atoms with Crippen LogP contribution < -0.4 is 9.62 Å². The van der Waals surface area contributed by atoms with Crippen molar-refractivity contribution in [1.82, 2.24) is 10.2 Å². The summed E-state index contributed by atoms with van der Waals surface area (Å²) in [6, 6.07) is 11.5. The maximum atomic E-state index is 13.5. The minimum atomic E-state index is -3.77. The first-order chi connectivity index (χ1) is 15.3. The highest BCUT2D eigenvalue weighted by Gasteiger charge is 2.30. The lowest BCUT2D eigenvalue weighted by Crippen LogP contribution is -2.52. The summed E-state index contributed by atoms with van der Waals surface area (Å²) < 4.78 is 26.3. The standard InChI is InChI=1S/C24H32ClN3O4S/c1-16(2)26-24(30)19(5)27(14-20-9-7-8-10-22(20)25)23(29)15-28(33(6,31)32)21-12-17(3)11-18(4)13-21/h7-13,16,19H,14-15H2,1-6H3,(H,26,30)/t19-/m1/s1. The Bertz CT molecular complexity index is 1100. The molecule has 9 heteroatoms. The number of rotatable bonds is 9. The van der Waals surface area contributed by atoms with Crippen molar-refractivity contribution in [2.24, 2.45) is 0 Å². The van der Waals surface area contributed by atoms with Crippen LogP contribution in [0.2, 0.25) is 5.02 Å². The van der Waals surface area contributed by atoms with Crippen molar-refractivity contribution in [2.75, 3.05) is 17.1 Å². The van der Waals surface area contributed by atoms with Gasteiger partial charge in [-0.2, -0.15) is 0 Å². The molecular formula is C24H32ClN3O4S. The lowest BCUT2D eigenvalue weighted by Gasteiger charge is -2.32. The fourth-order valence-corrected chi connectivity index (χ4v) is 4.54. The molecule has 0 heterocycles. The van der Waals surface area contributed by atoms with Gasteiger partial charge in [0.15, 0.2) is 0 Å². The van der Waals surface area contributed by atoms with E-state index in [1.807, 2.05) is 33.8 Å². The average molecular weight is 494 g/mol. The van der Waals surface area contributed by atoms with Gasteiger partial charge in [-0.1, -0.05) is 35.9 Å². The highest BCUT2D eigenvalue weighted by atomic mass is 35.5. The molecule has 0 aliphatic heterocycles. The Hall–Kier alpha value is -2.58. The molecule has 2 amide bonds. The van der Waals surface area contributed by atoms with Gasteiger partial charge < -0.3 is 10.2 Å². The van der Waals surface area contributed by atoms with E-state index in [1.54, 1.807) is 43.3 Å². The first-order valence-electron chi connectivity index (χ1n) is 10.7. The number of anilines is 1. The second-order valence-corrected chi connectivity index (χ2v) is 10.9. The van der Waals surface area contributed by atoms with E-state index in [9.17, 15) is 18.0 Å². The smallest absolute Gasteiger partial charge is 0.244 e. The molecule has 0 fully saturated rings. The van der Waals surface area contributed by atoms with Crippen LogP contribution in [0.4, 0.5) is 5.69 Å². The summed E-state index contributed by atoms with van der Waals surface area (Å²) in [5.41, 5.74) is 2.82. The van der Waals surface area contributed by atoms with Crippen LogP contribution in [-0.4, -0.2) is 50.0 Å². The quantitative estimate of drug-likeness (QED) is 0.577. The summed E-state index contributed by atoms with van der Waals surface area (Å²) in [4.78, 5) is 27.6. The van der Waals surface area contributed by atoms with Crippen LogP contribution >= 0.6 is 11.6 Å². The third kappa shape index (κ3) is 7.47. The van der Waals surface area contributed by atoms with Crippen LogP contribution in [0.5, 0.6) is 0 Å². The molecule has 1 atom stereocenters. The van der Waals surface area contributed by atoms with E-state index in [-0.39, 0.29) is 18.5 Å². The number of amides is 2. The Morgan fingerprint density at radius 1 is 1.03 bits per heavy atom. The molecule has 2 aromatic carbocycles. The summed E-state index contributed by atoms with van der Waals surface area (Å²) in [5.74, 6) is -0.839. The van der Waals surface area contributed by atoms with Gasteiger partial charge in [-0.05, 0) is 69.5 Å². The average Bonchev–Trinajstić information content (AvgIpc) is 2.68. The zero-order chi connectivity index (χ0) is 24.9. The molecule has 0 aliphatic carbocycles. The number of carbonyl (C=O) groups is 2. The normalized spacial score (nSPS) is 12.4. The van der Waals surface area contributed by atoms with E-state index < -0.39 is 28.5 Å². The second-order valence-electron chi connectivity index (χ2n) is 8.57. The number of carbonyl (C=O) groups excluding carboxylic acids is 2. The van der Waals surface area contributed by atoms with Gasteiger partial charge in [0, 0.05) is 17.6 Å². The van der Waals surface area contributed by atoms with Crippen LogP contribution in [0.25, 0.3) is 0 Å². The van der Waals surface area contributed by atoms with Crippen molar-refractivity contribution < 1.29 is 18.0 Å². The van der Waals surface area contributed by atoms with Gasteiger partial charge in [0.2, 0.25) is 21.8 Å². The largest absolute Gasteiger partial charge is 0.352 e. The van der Waals surface area contributed by atoms with Gasteiger partial charge in [0.1, 0.15) is 12.6 Å². The van der Waals surface area contributed by atoms with Gasteiger partial charge in [-0.15, -0.1) is 0 Å². The molecule has 0 saturated carbocycles. The van der Waals surface area contributed by atoms with E-state index in [0.29, 0.717) is 16.3 Å². The molecule has 7 nitrogen and oxygen atoms in total. The number of nitrogens with zero attached hydrogens (tertiary/aromatic N) is 2. The Labute approximate surface area is 201 Å². The Morgan fingerprint density at radius 3 is 2.12 bits per heavy atom. The van der Waals surface area contributed by atoms with E-state index in [0.717, 1.165) is 21.7 Å². The molecule has 0 unspecified atom stereocenters. The van der Waals surface area contributed by atoms with E-state index in [4.69, 9.17) is 11.6 Å². The predicted octanol–water partition coefficient (Wildman–Crippen LogP) is 3.66. The molecule has 1 N–H and O–H groups in total. The van der Waals surface area contributed by atoms with E-state index in [1.165, 1.54) is 4.90 Å². The highest BCUT2D eigenvalue weighted by molar-refractivity contribution is 7.92. The summed E-state index contributed by atoms with van der Waals surface area (Å²) in [7, 11) is -3.77. The summed E-state index contributed by atoms with van der Waals surface area (Å²) in [6.07, 6.45) is 1.06. The topological polar surface area (TPSA) is 86.8 Å². The number of nitrogens with one attached hydrogen (secondary N) is 1. The Morgan fingerprint density at radius 2 is 1.61 bits per heavy atom. The Balaban J connectivity index is 2.44. The predicted molar refractivity (Wildman–Crippen MR) is 133 cm³/mol. The van der Waals surface area contributed by atoms with Crippen LogP contribution in [0, 0.1) is 13.8 Å². The first-order valence-corrected chi connectivity index (χ1v) is 12.9. The number of hydrogen-bond acceptors (Lipinski definition) is 4. The molecule has 0 saturated heterocycles. The minimum Gasteiger partial charge on any atom is -0.352 e. The van der Waals surface area contributed by atoms with Crippen molar-refractivity contribution in [3.63, 3.8) is 0 Å². The lowest BCUT2D eigenvalue weighted by atomic mass is 10.1. The Kier molecular flexibility index (Phi) is 8.91. The van der Waals surface area contributed by atoms with Gasteiger partial charge in [0.25, 0.3) is 0 Å². The SMILES string of the molecule is Cc1cc(C)cc(N(CC(=O)N(Cc2ccccc2Cl)[C@H](C)C(=O)NC(C)C)S(C)(=O)=O)c1. The zero-order valence-electron chi connectivity index (χ0n) is 19.9. The van der Waals surface area contributed by atoms with Crippen molar-refractivity contribution in [2.45, 2.75) is 53.2 Å². The zero-order valence-corrected chi connectivity index (χ0v) is 21.5. The molecule has 33 heavy (non-hydrogen) atoms. The van der Waals surface area contributed by atoms with Crippen LogP contribution in [0.1, 0.15) is 37.5 Å². The molecular weight excluding hydrogens is 462 g/mol. The minimum absolute atomic E-state index is 0.0651. The third-order valence-electron chi connectivity index (χ3n) is 5.07.